The van der Waals surface area contributed by atoms with E-state index < -0.39 is 0 Å². The molecule has 1 rings (SSSR count). The van der Waals surface area contributed by atoms with Gasteiger partial charge >= 0.3 is 6.03 Å². The normalized spacial score (nSPS) is 24.1. The fraction of sp³-hybridized carbons (Fsp3) is 0.889. The fourth-order valence-electron chi connectivity index (χ4n) is 1.90. The minimum Gasteiger partial charge on any atom is -0.351 e. The van der Waals surface area contributed by atoms with Crippen molar-refractivity contribution in [1.82, 2.24) is 4.90 Å². The number of amides is 2. The van der Waals surface area contributed by atoms with E-state index in [0.29, 0.717) is 12.5 Å². The Morgan fingerprint density at radius 2 is 2.23 bits per heavy atom. The molecule has 0 aliphatic carbocycles. The summed E-state index contributed by atoms with van der Waals surface area (Å²) in [6, 6.07) is -0.288. The van der Waals surface area contributed by atoms with Gasteiger partial charge in [0.25, 0.3) is 0 Å². The third-order valence-electron chi connectivity index (χ3n) is 2.66. The highest BCUT2D eigenvalue weighted by atomic mass is 16.2. The molecule has 13 heavy (non-hydrogen) atoms. The first kappa shape index (κ1) is 10.3. The SMILES string of the molecule is NCCC1CCCCN(C(N)=O)C1. The van der Waals surface area contributed by atoms with Gasteiger partial charge in [0.15, 0.2) is 0 Å². The monoisotopic (exact) mass is 185 g/mol. The molecule has 4 N–H and O–H groups in total. The molecule has 0 saturated carbocycles. The lowest BCUT2D eigenvalue weighted by Crippen LogP contribution is -2.38. The van der Waals surface area contributed by atoms with Gasteiger partial charge in [-0.25, -0.2) is 4.79 Å². The van der Waals surface area contributed by atoms with E-state index in [2.05, 4.69) is 0 Å². The smallest absolute Gasteiger partial charge is 0.314 e. The number of hydrogen-bond acceptors (Lipinski definition) is 2. The van der Waals surface area contributed by atoms with E-state index in [4.69, 9.17) is 11.5 Å². The predicted octanol–water partition coefficient (Wildman–Crippen LogP) is 0.516. The van der Waals surface area contributed by atoms with Crippen LogP contribution in [0.25, 0.3) is 0 Å². The van der Waals surface area contributed by atoms with Crippen LogP contribution in [0.5, 0.6) is 0 Å². The number of rotatable bonds is 2. The summed E-state index contributed by atoms with van der Waals surface area (Å²) in [6.07, 6.45) is 4.45. The Balaban J connectivity index is 2.44. The molecule has 1 aliphatic rings. The van der Waals surface area contributed by atoms with Crippen LogP contribution in [0.1, 0.15) is 25.7 Å². The largest absolute Gasteiger partial charge is 0.351 e. The van der Waals surface area contributed by atoms with Gasteiger partial charge < -0.3 is 16.4 Å². The summed E-state index contributed by atoms with van der Waals surface area (Å²) in [5, 5.41) is 0. The van der Waals surface area contributed by atoms with Gasteiger partial charge in [-0.05, 0) is 31.7 Å². The van der Waals surface area contributed by atoms with Gasteiger partial charge in [-0.15, -0.1) is 0 Å². The second-order valence-electron chi connectivity index (χ2n) is 3.72. The first-order valence-electron chi connectivity index (χ1n) is 4.98. The van der Waals surface area contributed by atoms with Crippen LogP contribution in [0, 0.1) is 5.92 Å². The van der Waals surface area contributed by atoms with Crippen LogP contribution in [0.3, 0.4) is 0 Å². The Kier molecular flexibility index (Phi) is 4.02. The van der Waals surface area contributed by atoms with Crippen molar-refractivity contribution >= 4 is 6.03 Å². The number of likely N-dealkylation sites (tertiary alicyclic amines) is 1. The van der Waals surface area contributed by atoms with E-state index in [1.54, 1.807) is 4.90 Å². The fourth-order valence-corrected chi connectivity index (χ4v) is 1.90. The van der Waals surface area contributed by atoms with Gasteiger partial charge in [0.2, 0.25) is 0 Å². The van der Waals surface area contributed by atoms with Gasteiger partial charge in [-0.1, -0.05) is 6.42 Å². The van der Waals surface area contributed by atoms with Gasteiger partial charge in [-0.2, -0.15) is 0 Å². The third kappa shape index (κ3) is 3.22. The van der Waals surface area contributed by atoms with Crippen molar-refractivity contribution in [2.45, 2.75) is 25.7 Å². The van der Waals surface area contributed by atoms with E-state index in [1.165, 1.54) is 12.8 Å². The number of nitrogens with two attached hydrogens (primary N) is 2. The maximum absolute atomic E-state index is 11.0. The van der Waals surface area contributed by atoms with Gasteiger partial charge in [0, 0.05) is 13.1 Å². The topological polar surface area (TPSA) is 72.3 Å². The molecule has 1 heterocycles. The molecule has 1 aliphatic heterocycles. The number of carbonyl (C=O) groups excluding carboxylic acids is 1. The Hall–Kier alpha value is -0.770. The molecule has 4 nitrogen and oxygen atoms in total. The summed E-state index contributed by atoms with van der Waals surface area (Å²) in [4.78, 5) is 12.7. The highest BCUT2D eigenvalue weighted by Gasteiger charge is 2.19. The van der Waals surface area contributed by atoms with Crippen LogP contribution in [0.2, 0.25) is 0 Å². The molecule has 0 bridgehead atoms. The summed E-state index contributed by atoms with van der Waals surface area (Å²) in [5.74, 6) is 0.556. The molecule has 0 aromatic carbocycles. The van der Waals surface area contributed by atoms with Crippen LogP contribution < -0.4 is 11.5 Å². The molecule has 2 amide bonds. The molecule has 1 atom stereocenters. The Labute approximate surface area is 79.3 Å². The van der Waals surface area contributed by atoms with Gasteiger partial charge in [0.05, 0.1) is 0 Å². The number of nitrogens with zero attached hydrogens (tertiary/aromatic N) is 1. The average Bonchev–Trinajstić information content (AvgIpc) is 2.30. The standard InChI is InChI=1S/C9H19N3O/c10-5-4-8-3-1-2-6-12(7-8)9(11)13/h8H,1-7,10H2,(H2,11,13). The Morgan fingerprint density at radius 1 is 1.46 bits per heavy atom. The van der Waals surface area contributed by atoms with E-state index in [-0.39, 0.29) is 6.03 Å². The first-order chi connectivity index (χ1) is 6.24. The van der Waals surface area contributed by atoms with Gasteiger partial charge in [-0.3, -0.25) is 0 Å². The van der Waals surface area contributed by atoms with Crippen LogP contribution in [0.4, 0.5) is 4.79 Å². The Morgan fingerprint density at radius 3 is 2.85 bits per heavy atom. The molecule has 4 heteroatoms. The van der Waals surface area contributed by atoms with Crippen LogP contribution in [0.15, 0.2) is 0 Å². The molecule has 1 saturated heterocycles. The second kappa shape index (κ2) is 5.07. The van der Waals surface area contributed by atoms with Crippen molar-refractivity contribution in [3.63, 3.8) is 0 Å². The van der Waals surface area contributed by atoms with E-state index in [1.807, 2.05) is 0 Å². The molecule has 0 aromatic rings. The molecule has 1 unspecified atom stereocenters. The summed E-state index contributed by atoms with van der Waals surface area (Å²) in [5.41, 5.74) is 10.7. The molecule has 76 valence electrons. The number of primary amides is 1. The maximum Gasteiger partial charge on any atom is 0.314 e. The van der Waals surface area contributed by atoms with E-state index in [9.17, 15) is 4.79 Å². The second-order valence-corrected chi connectivity index (χ2v) is 3.72. The predicted molar refractivity (Wildman–Crippen MR) is 52.2 cm³/mol. The highest BCUT2D eigenvalue weighted by molar-refractivity contribution is 5.71. The maximum atomic E-state index is 11.0. The van der Waals surface area contributed by atoms with Crippen molar-refractivity contribution in [3.05, 3.63) is 0 Å². The zero-order chi connectivity index (χ0) is 9.68. The van der Waals surface area contributed by atoms with Crippen molar-refractivity contribution in [1.29, 1.82) is 0 Å². The Bertz CT molecular complexity index is 172. The van der Waals surface area contributed by atoms with Crippen LogP contribution in [-0.2, 0) is 0 Å². The highest BCUT2D eigenvalue weighted by Crippen LogP contribution is 2.18. The molecular weight excluding hydrogens is 166 g/mol. The minimum absolute atomic E-state index is 0.288. The minimum atomic E-state index is -0.288. The van der Waals surface area contributed by atoms with Crippen molar-refractivity contribution in [3.8, 4) is 0 Å². The van der Waals surface area contributed by atoms with Crippen molar-refractivity contribution in [2.24, 2.45) is 17.4 Å². The third-order valence-corrected chi connectivity index (χ3v) is 2.66. The number of urea groups is 1. The molecular formula is C9H19N3O. The lowest BCUT2D eigenvalue weighted by molar-refractivity contribution is 0.201. The van der Waals surface area contributed by atoms with Crippen molar-refractivity contribution in [2.75, 3.05) is 19.6 Å². The zero-order valence-electron chi connectivity index (χ0n) is 8.04. The zero-order valence-corrected chi connectivity index (χ0v) is 8.04. The first-order valence-corrected chi connectivity index (χ1v) is 4.98. The quantitative estimate of drug-likeness (QED) is 0.658. The summed E-state index contributed by atoms with van der Waals surface area (Å²) >= 11 is 0. The lowest BCUT2D eigenvalue weighted by Gasteiger charge is -2.21. The molecule has 0 radical (unpaired) electrons. The van der Waals surface area contributed by atoms with Gasteiger partial charge in [0.1, 0.15) is 0 Å². The summed E-state index contributed by atoms with van der Waals surface area (Å²) < 4.78 is 0. The lowest BCUT2D eigenvalue weighted by atomic mass is 10.00. The van der Waals surface area contributed by atoms with Crippen LogP contribution in [-0.4, -0.2) is 30.6 Å². The van der Waals surface area contributed by atoms with E-state index in [0.717, 1.165) is 25.9 Å². The average molecular weight is 185 g/mol. The molecule has 0 aromatic heterocycles. The summed E-state index contributed by atoms with van der Waals surface area (Å²) in [7, 11) is 0. The number of carbonyl (C=O) groups is 1. The molecule has 1 fully saturated rings. The van der Waals surface area contributed by atoms with E-state index >= 15 is 0 Å². The summed E-state index contributed by atoms with van der Waals surface area (Å²) in [6.45, 7) is 2.32. The van der Waals surface area contributed by atoms with Crippen LogP contribution >= 0.6 is 0 Å². The van der Waals surface area contributed by atoms with Crippen molar-refractivity contribution < 1.29 is 4.79 Å². The number of hydrogen-bond donors (Lipinski definition) is 2. The molecule has 0 spiro atoms.